The first-order valence-corrected chi connectivity index (χ1v) is 5.03. The second-order valence-corrected chi connectivity index (χ2v) is 3.99. The van der Waals surface area contributed by atoms with Crippen LogP contribution < -0.4 is 4.74 Å². The summed E-state index contributed by atoms with van der Waals surface area (Å²) < 4.78 is 18.8. The van der Waals surface area contributed by atoms with Crippen LogP contribution in [-0.2, 0) is 10.5 Å². The number of rotatable bonds is 5. The molecule has 0 radical (unpaired) electrons. The standard InChI is InChI=1S/C12H15FO3/c1-12(2,13)9-4-3-5-10(8-9)16-7-6-11(14)15/h3-5,8H,6-7H2,1-2H3,(H,14,15). The average molecular weight is 226 g/mol. The molecule has 0 spiro atoms. The van der Waals surface area contributed by atoms with Crippen LogP contribution in [0.4, 0.5) is 4.39 Å². The van der Waals surface area contributed by atoms with Gasteiger partial charge in [-0.2, -0.15) is 0 Å². The molecule has 4 heteroatoms. The molecule has 0 unspecified atom stereocenters. The third-order valence-electron chi connectivity index (χ3n) is 2.11. The summed E-state index contributed by atoms with van der Waals surface area (Å²) in [5, 5.41) is 8.44. The van der Waals surface area contributed by atoms with Crippen LogP contribution in [0.25, 0.3) is 0 Å². The molecule has 16 heavy (non-hydrogen) atoms. The van der Waals surface area contributed by atoms with E-state index in [1.807, 2.05) is 0 Å². The highest BCUT2D eigenvalue weighted by Gasteiger charge is 2.18. The van der Waals surface area contributed by atoms with E-state index in [0.717, 1.165) is 0 Å². The van der Waals surface area contributed by atoms with E-state index in [-0.39, 0.29) is 13.0 Å². The van der Waals surface area contributed by atoms with Crippen molar-refractivity contribution >= 4 is 5.97 Å². The van der Waals surface area contributed by atoms with Gasteiger partial charge in [-0.25, -0.2) is 4.39 Å². The van der Waals surface area contributed by atoms with Gasteiger partial charge in [0.2, 0.25) is 0 Å². The van der Waals surface area contributed by atoms with Gasteiger partial charge in [0, 0.05) is 0 Å². The molecule has 1 N–H and O–H groups in total. The van der Waals surface area contributed by atoms with Gasteiger partial charge in [0.15, 0.2) is 0 Å². The summed E-state index contributed by atoms with van der Waals surface area (Å²) in [6.45, 7) is 3.01. The van der Waals surface area contributed by atoms with Crippen molar-refractivity contribution in [2.45, 2.75) is 25.9 Å². The highest BCUT2D eigenvalue weighted by Crippen LogP contribution is 2.27. The van der Waals surface area contributed by atoms with Gasteiger partial charge in [-0.15, -0.1) is 0 Å². The largest absolute Gasteiger partial charge is 0.493 e. The van der Waals surface area contributed by atoms with Gasteiger partial charge >= 0.3 is 5.97 Å². The van der Waals surface area contributed by atoms with E-state index < -0.39 is 11.6 Å². The Kier molecular flexibility index (Phi) is 3.88. The van der Waals surface area contributed by atoms with Crippen LogP contribution in [0.3, 0.4) is 0 Å². The third kappa shape index (κ3) is 3.88. The van der Waals surface area contributed by atoms with Crippen molar-refractivity contribution in [3.63, 3.8) is 0 Å². The highest BCUT2D eigenvalue weighted by molar-refractivity contribution is 5.66. The first-order valence-electron chi connectivity index (χ1n) is 5.03. The molecule has 1 aromatic carbocycles. The monoisotopic (exact) mass is 226 g/mol. The molecular formula is C12H15FO3. The van der Waals surface area contributed by atoms with Gasteiger partial charge in [0.1, 0.15) is 11.4 Å². The number of halogens is 1. The third-order valence-corrected chi connectivity index (χ3v) is 2.11. The Morgan fingerprint density at radius 2 is 2.19 bits per heavy atom. The van der Waals surface area contributed by atoms with E-state index in [0.29, 0.717) is 11.3 Å². The maximum atomic E-state index is 13.6. The Morgan fingerprint density at radius 3 is 2.75 bits per heavy atom. The lowest BCUT2D eigenvalue weighted by Crippen LogP contribution is -2.09. The van der Waals surface area contributed by atoms with Crippen LogP contribution in [0.1, 0.15) is 25.8 Å². The molecule has 0 bridgehead atoms. The molecule has 0 aromatic heterocycles. The molecule has 0 saturated heterocycles. The second kappa shape index (κ2) is 4.96. The van der Waals surface area contributed by atoms with Crippen molar-refractivity contribution in [1.29, 1.82) is 0 Å². The molecular weight excluding hydrogens is 211 g/mol. The number of benzene rings is 1. The van der Waals surface area contributed by atoms with Gasteiger partial charge in [-0.1, -0.05) is 12.1 Å². The normalized spacial score (nSPS) is 11.2. The lowest BCUT2D eigenvalue weighted by Gasteiger charge is -2.15. The first-order chi connectivity index (χ1) is 7.39. The lowest BCUT2D eigenvalue weighted by atomic mass is 10.0. The van der Waals surface area contributed by atoms with Gasteiger partial charge in [0.25, 0.3) is 0 Å². The molecule has 1 aromatic rings. The molecule has 1 rings (SSSR count). The minimum atomic E-state index is -1.42. The van der Waals surface area contributed by atoms with Crippen molar-refractivity contribution in [2.75, 3.05) is 6.61 Å². The SMILES string of the molecule is CC(C)(F)c1cccc(OCCC(=O)O)c1. The number of carboxylic acids is 1. The predicted octanol–water partition coefficient (Wildman–Crippen LogP) is 2.74. The minimum absolute atomic E-state index is 0.0662. The number of ether oxygens (including phenoxy) is 1. The Hall–Kier alpha value is -1.58. The van der Waals surface area contributed by atoms with Crippen molar-refractivity contribution < 1.29 is 19.0 Å². The van der Waals surface area contributed by atoms with Crippen LogP contribution in [0, 0.1) is 0 Å². The van der Waals surface area contributed by atoms with E-state index in [1.165, 1.54) is 13.8 Å². The van der Waals surface area contributed by atoms with Crippen LogP contribution >= 0.6 is 0 Å². The maximum absolute atomic E-state index is 13.6. The van der Waals surface area contributed by atoms with Crippen molar-refractivity contribution in [3.05, 3.63) is 29.8 Å². The fourth-order valence-corrected chi connectivity index (χ4v) is 1.21. The average Bonchev–Trinajstić information content (AvgIpc) is 2.16. The number of carbonyl (C=O) groups is 1. The maximum Gasteiger partial charge on any atom is 0.306 e. The molecule has 0 fully saturated rings. The van der Waals surface area contributed by atoms with E-state index in [1.54, 1.807) is 24.3 Å². The molecule has 88 valence electrons. The Bertz CT molecular complexity index is 369. The number of carboxylic acid groups (broad SMARTS) is 1. The summed E-state index contributed by atoms with van der Waals surface area (Å²) in [5.74, 6) is -0.425. The summed E-state index contributed by atoms with van der Waals surface area (Å²) in [6.07, 6.45) is -0.0662. The summed E-state index contributed by atoms with van der Waals surface area (Å²) >= 11 is 0. The zero-order valence-corrected chi connectivity index (χ0v) is 9.37. The first kappa shape index (κ1) is 12.5. The molecule has 0 atom stereocenters. The zero-order chi connectivity index (χ0) is 12.2. The number of alkyl halides is 1. The van der Waals surface area contributed by atoms with E-state index in [4.69, 9.17) is 9.84 Å². The van der Waals surface area contributed by atoms with Crippen LogP contribution in [0.2, 0.25) is 0 Å². The summed E-state index contributed by atoms with van der Waals surface area (Å²) in [5.41, 5.74) is -0.910. The Morgan fingerprint density at radius 1 is 1.50 bits per heavy atom. The molecule has 0 amide bonds. The van der Waals surface area contributed by atoms with Gasteiger partial charge in [-0.05, 0) is 31.5 Å². The molecule has 0 heterocycles. The quantitative estimate of drug-likeness (QED) is 0.839. The van der Waals surface area contributed by atoms with E-state index in [9.17, 15) is 9.18 Å². The summed E-state index contributed by atoms with van der Waals surface area (Å²) in [6, 6.07) is 6.62. The molecule has 0 saturated carbocycles. The summed E-state index contributed by atoms with van der Waals surface area (Å²) in [4.78, 5) is 10.3. The Labute approximate surface area is 93.9 Å². The van der Waals surface area contributed by atoms with Crippen LogP contribution in [0.15, 0.2) is 24.3 Å². The van der Waals surface area contributed by atoms with Gasteiger partial charge < -0.3 is 9.84 Å². The van der Waals surface area contributed by atoms with Crippen molar-refractivity contribution in [2.24, 2.45) is 0 Å². The predicted molar refractivity (Wildman–Crippen MR) is 58.3 cm³/mol. The zero-order valence-electron chi connectivity index (χ0n) is 9.37. The van der Waals surface area contributed by atoms with Crippen LogP contribution in [-0.4, -0.2) is 17.7 Å². The van der Waals surface area contributed by atoms with Crippen molar-refractivity contribution in [3.8, 4) is 5.75 Å². The van der Waals surface area contributed by atoms with E-state index in [2.05, 4.69) is 0 Å². The lowest BCUT2D eigenvalue weighted by molar-refractivity contribution is -0.137. The fraction of sp³-hybridized carbons (Fsp3) is 0.417. The topological polar surface area (TPSA) is 46.5 Å². The molecule has 0 aliphatic rings. The summed E-state index contributed by atoms with van der Waals surface area (Å²) in [7, 11) is 0. The van der Waals surface area contributed by atoms with Crippen LogP contribution in [0.5, 0.6) is 5.75 Å². The van der Waals surface area contributed by atoms with Gasteiger partial charge in [-0.3, -0.25) is 4.79 Å². The van der Waals surface area contributed by atoms with Gasteiger partial charge in [0.05, 0.1) is 13.0 Å². The van der Waals surface area contributed by atoms with E-state index >= 15 is 0 Å². The van der Waals surface area contributed by atoms with Crippen molar-refractivity contribution in [1.82, 2.24) is 0 Å². The molecule has 3 nitrogen and oxygen atoms in total. The molecule has 0 aliphatic carbocycles. The second-order valence-electron chi connectivity index (χ2n) is 3.99. The Balaban J connectivity index is 2.64. The number of aliphatic carboxylic acids is 1. The number of hydrogen-bond donors (Lipinski definition) is 1. The smallest absolute Gasteiger partial charge is 0.306 e. The highest BCUT2D eigenvalue weighted by atomic mass is 19.1. The minimum Gasteiger partial charge on any atom is -0.493 e. The number of hydrogen-bond acceptors (Lipinski definition) is 2. The fourth-order valence-electron chi connectivity index (χ4n) is 1.21. The molecule has 0 aliphatic heterocycles.